The summed E-state index contributed by atoms with van der Waals surface area (Å²) in [6.45, 7) is 4.84. The monoisotopic (exact) mass is 313 g/mol. The van der Waals surface area contributed by atoms with Gasteiger partial charge in [-0.1, -0.05) is 6.08 Å². The summed E-state index contributed by atoms with van der Waals surface area (Å²) in [6, 6.07) is 3.62. The molecule has 0 aliphatic carbocycles. The fourth-order valence-corrected chi connectivity index (χ4v) is 2.11. The fraction of sp³-hybridized carbons (Fsp3) is 0.353. The van der Waals surface area contributed by atoms with Crippen LogP contribution in [0.4, 0.5) is 0 Å². The third-order valence-electron chi connectivity index (χ3n) is 3.22. The van der Waals surface area contributed by atoms with Gasteiger partial charge in [0.25, 0.3) is 0 Å². The van der Waals surface area contributed by atoms with Crippen molar-refractivity contribution in [3.8, 4) is 11.8 Å². The molecule has 0 bridgehead atoms. The van der Waals surface area contributed by atoms with Gasteiger partial charge in [-0.15, -0.1) is 0 Å². The van der Waals surface area contributed by atoms with Crippen LogP contribution in [0.2, 0.25) is 0 Å². The van der Waals surface area contributed by atoms with Crippen molar-refractivity contribution in [3.63, 3.8) is 0 Å². The first kappa shape index (κ1) is 16.7. The van der Waals surface area contributed by atoms with Crippen molar-refractivity contribution in [2.75, 3.05) is 6.61 Å². The maximum absolute atomic E-state index is 11.3. The second kappa shape index (κ2) is 6.63. The quantitative estimate of drug-likeness (QED) is 0.629. The number of ether oxygens (including phenoxy) is 1. The molecule has 0 unspecified atom stereocenters. The number of fused-ring (bicyclic) bond motifs is 1. The summed E-state index contributed by atoms with van der Waals surface area (Å²) in [5.74, 6) is 0.340. The standard InChI is InChI=1S/C17H19N3O3/c1-11(21)12(8-18)4-5-13-9-20-16-15(13)14(6-7-19-16)23-10-17(2,3)22/h4,6-7,9,22H,5,10H2,1-3H3,(H,19,20)/b12-4+. The third-order valence-corrected chi connectivity index (χ3v) is 3.22. The number of ketones is 1. The van der Waals surface area contributed by atoms with Crippen molar-refractivity contribution in [1.82, 2.24) is 9.97 Å². The summed E-state index contributed by atoms with van der Waals surface area (Å²) >= 11 is 0. The Morgan fingerprint density at radius 2 is 2.30 bits per heavy atom. The first-order chi connectivity index (χ1) is 10.8. The second-order valence-corrected chi connectivity index (χ2v) is 5.94. The average Bonchev–Trinajstić information content (AvgIpc) is 2.88. The molecule has 120 valence electrons. The molecule has 0 saturated carbocycles. The molecule has 23 heavy (non-hydrogen) atoms. The zero-order valence-electron chi connectivity index (χ0n) is 13.4. The van der Waals surface area contributed by atoms with Gasteiger partial charge in [0.1, 0.15) is 24.1 Å². The molecule has 0 aliphatic rings. The number of hydrogen-bond acceptors (Lipinski definition) is 5. The Morgan fingerprint density at radius 3 is 2.91 bits per heavy atom. The van der Waals surface area contributed by atoms with Gasteiger partial charge in [-0.05, 0) is 38.8 Å². The van der Waals surface area contributed by atoms with E-state index in [0.29, 0.717) is 17.8 Å². The first-order valence-electron chi connectivity index (χ1n) is 7.23. The number of nitrogens with one attached hydrogen (secondary N) is 1. The molecule has 0 radical (unpaired) electrons. The van der Waals surface area contributed by atoms with E-state index in [1.807, 2.05) is 6.07 Å². The highest BCUT2D eigenvalue weighted by molar-refractivity contribution is 5.97. The zero-order valence-corrected chi connectivity index (χ0v) is 13.4. The number of allylic oxidation sites excluding steroid dienone is 2. The van der Waals surface area contributed by atoms with Crippen LogP contribution < -0.4 is 4.74 Å². The molecular weight excluding hydrogens is 294 g/mol. The Hall–Kier alpha value is -2.65. The number of aliphatic hydroxyl groups is 1. The van der Waals surface area contributed by atoms with Crippen LogP contribution in [0, 0.1) is 11.3 Å². The maximum atomic E-state index is 11.3. The lowest BCUT2D eigenvalue weighted by Gasteiger charge is -2.18. The molecule has 0 atom stereocenters. The van der Waals surface area contributed by atoms with E-state index in [4.69, 9.17) is 10.00 Å². The minimum atomic E-state index is -0.950. The van der Waals surface area contributed by atoms with Crippen LogP contribution in [0.1, 0.15) is 26.3 Å². The molecule has 0 aromatic carbocycles. The first-order valence-corrected chi connectivity index (χ1v) is 7.23. The molecule has 6 heteroatoms. The average molecular weight is 313 g/mol. The molecule has 2 heterocycles. The Labute approximate surface area is 134 Å². The number of nitrogens with zero attached hydrogens (tertiary/aromatic N) is 2. The SMILES string of the molecule is CC(=O)/C(C#N)=C/Cc1c[nH]c2nccc(OCC(C)(C)O)c12. The van der Waals surface area contributed by atoms with Crippen molar-refractivity contribution >= 4 is 16.8 Å². The predicted octanol–water partition coefficient (Wildman–Crippen LogP) is 2.29. The predicted molar refractivity (Wildman–Crippen MR) is 86.0 cm³/mol. The number of aromatic amines is 1. The molecule has 0 amide bonds. The van der Waals surface area contributed by atoms with Crippen molar-refractivity contribution in [2.24, 2.45) is 0 Å². The minimum Gasteiger partial charge on any atom is -0.490 e. The molecule has 2 aromatic heterocycles. The summed E-state index contributed by atoms with van der Waals surface area (Å²) in [5.41, 5.74) is 0.701. The highest BCUT2D eigenvalue weighted by atomic mass is 16.5. The van der Waals surface area contributed by atoms with Crippen molar-refractivity contribution in [3.05, 3.63) is 35.7 Å². The van der Waals surface area contributed by atoms with Crippen LogP contribution in [0.25, 0.3) is 11.0 Å². The van der Waals surface area contributed by atoms with Gasteiger partial charge in [0.15, 0.2) is 5.78 Å². The van der Waals surface area contributed by atoms with Gasteiger partial charge in [-0.25, -0.2) is 4.98 Å². The van der Waals surface area contributed by atoms with Gasteiger partial charge >= 0.3 is 0 Å². The van der Waals surface area contributed by atoms with Gasteiger partial charge in [0.05, 0.1) is 16.6 Å². The van der Waals surface area contributed by atoms with Gasteiger partial charge < -0.3 is 14.8 Å². The molecule has 0 spiro atoms. The Bertz CT molecular complexity index is 791. The molecule has 2 rings (SSSR count). The number of aromatic nitrogens is 2. The van der Waals surface area contributed by atoms with Crippen LogP contribution in [0.5, 0.6) is 5.75 Å². The zero-order chi connectivity index (χ0) is 17.0. The lowest BCUT2D eigenvalue weighted by molar-refractivity contribution is -0.113. The third kappa shape index (κ3) is 4.18. The van der Waals surface area contributed by atoms with Gasteiger partial charge in [-0.3, -0.25) is 4.79 Å². The van der Waals surface area contributed by atoms with E-state index in [1.165, 1.54) is 6.92 Å². The molecule has 0 aliphatic heterocycles. The van der Waals surface area contributed by atoms with Crippen LogP contribution in [-0.2, 0) is 11.2 Å². The van der Waals surface area contributed by atoms with Crippen molar-refractivity contribution < 1.29 is 14.6 Å². The highest BCUT2D eigenvalue weighted by Gasteiger charge is 2.16. The van der Waals surface area contributed by atoms with Crippen molar-refractivity contribution in [2.45, 2.75) is 32.8 Å². The summed E-state index contributed by atoms with van der Waals surface area (Å²) in [4.78, 5) is 18.6. The number of rotatable bonds is 6. The topological polar surface area (TPSA) is 99.0 Å². The number of carbonyl (C=O) groups is 1. The molecule has 0 fully saturated rings. The van der Waals surface area contributed by atoms with Crippen LogP contribution >= 0.6 is 0 Å². The highest BCUT2D eigenvalue weighted by Crippen LogP contribution is 2.28. The lowest BCUT2D eigenvalue weighted by atomic mass is 10.1. The van der Waals surface area contributed by atoms with E-state index in [9.17, 15) is 9.90 Å². The van der Waals surface area contributed by atoms with E-state index < -0.39 is 5.60 Å². The number of hydrogen-bond donors (Lipinski definition) is 2. The number of Topliss-reactive ketones (excluding diaryl/α,β-unsaturated/α-hetero) is 1. The van der Waals surface area contributed by atoms with Crippen LogP contribution in [-0.4, -0.2) is 33.1 Å². The Balaban J connectivity index is 2.35. The fourth-order valence-electron chi connectivity index (χ4n) is 2.11. The summed E-state index contributed by atoms with van der Waals surface area (Å²) < 4.78 is 5.70. The molecule has 6 nitrogen and oxygen atoms in total. The number of carbonyl (C=O) groups excluding carboxylic acids is 1. The van der Waals surface area contributed by atoms with Gasteiger partial charge in [0.2, 0.25) is 0 Å². The second-order valence-electron chi connectivity index (χ2n) is 5.94. The Kier molecular flexibility index (Phi) is 4.82. The maximum Gasteiger partial charge on any atom is 0.169 e. The Morgan fingerprint density at radius 1 is 1.57 bits per heavy atom. The number of pyridine rings is 1. The van der Waals surface area contributed by atoms with E-state index in [1.54, 1.807) is 38.4 Å². The van der Waals surface area contributed by atoms with E-state index in [2.05, 4.69) is 9.97 Å². The van der Waals surface area contributed by atoms with E-state index >= 15 is 0 Å². The molecule has 2 N–H and O–H groups in total. The normalized spacial score (nSPS) is 12.2. The van der Waals surface area contributed by atoms with Crippen LogP contribution in [0.3, 0.4) is 0 Å². The van der Waals surface area contributed by atoms with E-state index in [-0.39, 0.29) is 18.0 Å². The summed E-state index contributed by atoms with van der Waals surface area (Å²) in [5, 5.41) is 19.5. The number of nitriles is 1. The number of H-pyrrole nitrogens is 1. The summed E-state index contributed by atoms with van der Waals surface area (Å²) in [6.07, 6.45) is 5.40. The van der Waals surface area contributed by atoms with Crippen LogP contribution in [0.15, 0.2) is 30.1 Å². The van der Waals surface area contributed by atoms with Gasteiger partial charge in [-0.2, -0.15) is 5.26 Å². The lowest BCUT2D eigenvalue weighted by Crippen LogP contribution is -2.27. The molecular formula is C17H19N3O3. The largest absolute Gasteiger partial charge is 0.490 e. The summed E-state index contributed by atoms with van der Waals surface area (Å²) in [7, 11) is 0. The smallest absolute Gasteiger partial charge is 0.169 e. The van der Waals surface area contributed by atoms with E-state index in [0.717, 1.165) is 10.9 Å². The minimum absolute atomic E-state index is 0.127. The molecule has 0 saturated heterocycles. The van der Waals surface area contributed by atoms with Gasteiger partial charge in [0, 0.05) is 12.4 Å². The molecule has 2 aromatic rings. The van der Waals surface area contributed by atoms with Crippen molar-refractivity contribution in [1.29, 1.82) is 5.26 Å².